The summed E-state index contributed by atoms with van der Waals surface area (Å²) in [4.78, 5) is 4.21. The molecule has 110 valence electrons. The summed E-state index contributed by atoms with van der Waals surface area (Å²) in [6.07, 6.45) is 0. The van der Waals surface area contributed by atoms with E-state index >= 15 is 0 Å². The van der Waals surface area contributed by atoms with Gasteiger partial charge in [0.15, 0.2) is 11.4 Å². The third kappa shape index (κ3) is 2.89. The number of hydrogen-bond donors (Lipinski definition) is 0. The second-order valence-electron chi connectivity index (χ2n) is 4.31. The second-order valence-corrected chi connectivity index (χ2v) is 4.31. The lowest BCUT2D eigenvalue weighted by Gasteiger charge is -2.05. The molecule has 2 aromatic carbocycles. The second kappa shape index (κ2) is 6.39. The normalized spacial score (nSPS) is 10.1. The van der Waals surface area contributed by atoms with Gasteiger partial charge < -0.3 is 9.15 Å². The first-order valence-electron chi connectivity index (χ1n) is 6.89. The highest BCUT2D eigenvalue weighted by Gasteiger charge is 2.15. The third-order valence-electron chi connectivity index (χ3n) is 2.96. The molecular formula is C17H18FNO2. The molecule has 3 aromatic rings. The number of rotatable bonds is 2. The average molecular weight is 287 g/mol. The maximum Gasteiger partial charge on any atom is 0.231 e. The molecule has 4 heteroatoms. The molecule has 0 spiro atoms. The molecule has 0 aliphatic rings. The number of nitrogens with zero attached hydrogens (tertiary/aromatic N) is 1. The Morgan fingerprint density at radius 1 is 1.14 bits per heavy atom. The van der Waals surface area contributed by atoms with Crippen molar-refractivity contribution in [2.24, 2.45) is 0 Å². The minimum atomic E-state index is -0.390. The molecule has 0 atom stereocenters. The molecule has 0 unspecified atom stereocenters. The Balaban J connectivity index is 0.000000774. The van der Waals surface area contributed by atoms with Gasteiger partial charge >= 0.3 is 0 Å². The van der Waals surface area contributed by atoms with E-state index in [1.165, 1.54) is 6.07 Å². The van der Waals surface area contributed by atoms with E-state index in [9.17, 15) is 4.39 Å². The Morgan fingerprint density at radius 2 is 1.90 bits per heavy atom. The third-order valence-corrected chi connectivity index (χ3v) is 2.96. The summed E-state index contributed by atoms with van der Waals surface area (Å²) in [5.41, 5.74) is 2.44. The summed E-state index contributed by atoms with van der Waals surface area (Å²) in [5, 5.41) is 0. The van der Waals surface area contributed by atoms with Crippen molar-refractivity contribution in [3.8, 4) is 17.2 Å². The number of halogens is 1. The van der Waals surface area contributed by atoms with Crippen LogP contribution < -0.4 is 4.74 Å². The lowest BCUT2D eigenvalue weighted by atomic mass is 10.1. The van der Waals surface area contributed by atoms with Crippen molar-refractivity contribution < 1.29 is 13.5 Å². The van der Waals surface area contributed by atoms with Gasteiger partial charge in [0.2, 0.25) is 5.89 Å². The van der Waals surface area contributed by atoms with Gasteiger partial charge in [-0.3, -0.25) is 0 Å². The summed E-state index contributed by atoms with van der Waals surface area (Å²) in [5.74, 6) is 0.623. The summed E-state index contributed by atoms with van der Waals surface area (Å²) in [7, 11) is 1.58. The standard InChI is InChI=1S/C15H12FNO2.C2H6/c1-9-6-7-12(18-2)10(8-9)15-17-14-11(16)4-3-5-13(14)19-15;1-2/h3-8H,1-2H3;1-2H3. The zero-order chi connectivity index (χ0) is 15.4. The number of ether oxygens (including phenoxy) is 1. The number of oxazole rings is 1. The molecule has 0 radical (unpaired) electrons. The Morgan fingerprint density at radius 3 is 2.57 bits per heavy atom. The molecule has 0 saturated carbocycles. The van der Waals surface area contributed by atoms with Gasteiger partial charge in [-0.05, 0) is 31.2 Å². The van der Waals surface area contributed by atoms with Gasteiger partial charge in [0, 0.05) is 0 Å². The van der Waals surface area contributed by atoms with Gasteiger partial charge in [-0.25, -0.2) is 9.37 Å². The van der Waals surface area contributed by atoms with Crippen LogP contribution in [-0.2, 0) is 0 Å². The molecule has 3 nitrogen and oxygen atoms in total. The number of methoxy groups -OCH3 is 1. The number of fused-ring (bicyclic) bond motifs is 1. The van der Waals surface area contributed by atoms with Crippen molar-refractivity contribution >= 4 is 11.1 Å². The Kier molecular flexibility index (Phi) is 4.58. The largest absolute Gasteiger partial charge is 0.496 e. The topological polar surface area (TPSA) is 35.3 Å². The molecule has 0 saturated heterocycles. The van der Waals surface area contributed by atoms with E-state index in [4.69, 9.17) is 9.15 Å². The molecule has 0 bridgehead atoms. The molecule has 3 rings (SSSR count). The van der Waals surface area contributed by atoms with E-state index in [-0.39, 0.29) is 11.3 Å². The van der Waals surface area contributed by atoms with Crippen LogP contribution in [0.2, 0.25) is 0 Å². The fourth-order valence-electron chi connectivity index (χ4n) is 2.02. The Hall–Kier alpha value is -2.36. The van der Waals surface area contributed by atoms with Gasteiger partial charge in [-0.15, -0.1) is 0 Å². The monoisotopic (exact) mass is 287 g/mol. The zero-order valence-corrected chi connectivity index (χ0v) is 12.6. The lowest BCUT2D eigenvalue weighted by molar-refractivity contribution is 0.414. The first-order chi connectivity index (χ1) is 10.2. The van der Waals surface area contributed by atoms with E-state index < -0.39 is 0 Å². The van der Waals surface area contributed by atoms with Crippen molar-refractivity contribution in [1.29, 1.82) is 0 Å². The fraction of sp³-hybridized carbons (Fsp3) is 0.235. The molecule has 21 heavy (non-hydrogen) atoms. The smallest absolute Gasteiger partial charge is 0.231 e. The number of aryl methyl sites for hydroxylation is 1. The van der Waals surface area contributed by atoms with E-state index in [0.29, 0.717) is 17.2 Å². The van der Waals surface area contributed by atoms with E-state index in [2.05, 4.69) is 4.98 Å². The zero-order valence-electron chi connectivity index (χ0n) is 12.6. The summed E-state index contributed by atoms with van der Waals surface area (Å²) >= 11 is 0. The van der Waals surface area contributed by atoms with Crippen molar-refractivity contribution in [2.75, 3.05) is 7.11 Å². The first kappa shape index (κ1) is 15.0. The van der Waals surface area contributed by atoms with Crippen molar-refractivity contribution in [3.63, 3.8) is 0 Å². The van der Waals surface area contributed by atoms with Crippen LogP contribution in [0.15, 0.2) is 40.8 Å². The van der Waals surface area contributed by atoms with Crippen molar-refractivity contribution in [3.05, 3.63) is 47.8 Å². The Labute approximate surface area is 123 Å². The predicted octanol–water partition coefficient (Wildman–Crippen LogP) is 4.98. The van der Waals surface area contributed by atoms with Crippen LogP contribution in [0.4, 0.5) is 4.39 Å². The first-order valence-corrected chi connectivity index (χ1v) is 6.89. The quantitative estimate of drug-likeness (QED) is 0.667. The number of benzene rings is 2. The highest BCUT2D eigenvalue weighted by atomic mass is 19.1. The summed E-state index contributed by atoms with van der Waals surface area (Å²) in [6, 6.07) is 10.3. The predicted molar refractivity (Wildman–Crippen MR) is 82.0 cm³/mol. The Bertz CT molecular complexity index is 750. The fourth-order valence-corrected chi connectivity index (χ4v) is 2.02. The summed E-state index contributed by atoms with van der Waals surface area (Å²) in [6.45, 7) is 5.96. The highest BCUT2D eigenvalue weighted by Crippen LogP contribution is 2.32. The van der Waals surface area contributed by atoms with Crippen LogP contribution >= 0.6 is 0 Å². The van der Waals surface area contributed by atoms with Crippen LogP contribution in [0.3, 0.4) is 0 Å². The molecular weight excluding hydrogens is 269 g/mol. The van der Waals surface area contributed by atoms with Crippen LogP contribution in [0.25, 0.3) is 22.6 Å². The molecule has 0 fully saturated rings. The average Bonchev–Trinajstić information content (AvgIpc) is 2.95. The molecule has 1 aromatic heterocycles. The lowest BCUT2D eigenvalue weighted by Crippen LogP contribution is -1.89. The van der Waals surface area contributed by atoms with Crippen LogP contribution in [0, 0.1) is 12.7 Å². The number of para-hydroxylation sites is 1. The molecule has 1 heterocycles. The SMILES string of the molecule is CC.COc1ccc(C)cc1-c1nc2c(F)cccc2o1. The van der Waals surface area contributed by atoms with Gasteiger partial charge in [0.25, 0.3) is 0 Å². The molecule has 0 amide bonds. The van der Waals surface area contributed by atoms with Gasteiger partial charge in [-0.1, -0.05) is 31.5 Å². The van der Waals surface area contributed by atoms with Gasteiger partial charge in [0.1, 0.15) is 11.3 Å². The van der Waals surface area contributed by atoms with Crippen molar-refractivity contribution in [1.82, 2.24) is 4.98 Å². The maximum atomic E-state index is 13.6. The van der Waals surface area contributed by atoms with E-state index in [1.807, 2.05) is 39.0 Å². The van der Waals surface area contributed by atoms with Crippen molar-refractivity contribution in [2.45, 2.75) is 20.8 Å². The van der Waals surface area contributed by atoms with Crippen LogP contribution in [0.5, 0.6) is 5.75 Å². The number of aromatic nitrogens is 1. The van der Waals surface area contributed by atoms with E-state index in [0.717, 1.165) is 11.1 Å². The summed E-state index contributed by atoms with van der Waals surface area (Å²) < 4.78 is 24.5. The minimum absolute atomic E-state index is 0.237. The minimum Gasteiger partial charge on any atom is -0.496 e. The van der Waals surface area contributed by atoms with E-state index in [1.54, 1.807) is 19.2 Å². The van der Waals surface area contributed by atoms with Gasteiger partial charge in [0.05, 0.1) is 12.7 Å². The molecule has 0 aliphatic heterocycles. The van der Waals surface area contributed by atoms with Crippen LogP contribution in [-0.4, -0.2) is 12.1 Å². The maximum absolute atomic E-state index is 13.6. The molecule has 0 aliphatic carbocycles. The van der Waals surface area contributed by atoms with Crippen LogP contribution in [0.1, 0.15) is 19.4 Å². The highest BCUT2D eigenvalue weighted by molar-refractivity contribution is 5.78. The molecule has 0 N–H and O–H groups in total. The number of hydrogen-bond acceptors (Lipinski definition) is 3. The van der Waals surface area contributed by atoms with Gasteiger partial charge in [-0.2, -0.15) is 0 Å².